The van der Waals surface area contributed by atoms with Gasteiger partial charge in [0.15, 0.2) is 0 Å². The van der Waals surface area contributed by atoms with E-state index in [2.05, 4.69) is 9.88 Å². The maximum atomic E-state index is 13.1. The van der Waals surface area contributed by atoms with Gasteiger partial charge in [0, 0.05) is 37.2 Å². The average Bonchev–Trinajstić information content (AvgIpc) is 3.66. The second-order valence-corrected chi connectivity index (χ2v) is 9.52. The van der Waals surface area contributed by atoms with E-state index in [1.54, 1.807) is 12.3 Å². The van der Waals surface area contributed by atoms with Gasteiger partial charge >= 0.3 is 0 Å². The highest BCUT2D eigenvalue weighted by Gasteiger charge is 2.34. The maximum Gasteiger partial charge on any atom is 0.253 e. The first-order valence-electron chi connectivity index (χ1n) is 12.2. The fourth-order valence-electron chi connectivity index (χ4n) is 5.08. The molecule has 32 heavy (non-hydrogen) atoms. The van der Waals surface area contributed by atoms with E-state index in [4.69, 9.17) is 4.98 Å². The Balaban J connectivity index is 1.19. The predicted octanol–water partition coefficient (Wildman–Crippen LogP) is 2.74. The van der Waals surface area contributed by atoms with E-state index in [1.807, 2.05) is 27.7 Å². The molecule has 1 saturated carbocycles. The Bertz CT molecular complexity index is 993. The smallest absolute Gasteiger partial charge is 0.253 e. The van der Waals surface area contributed by atoms with Crippen molar-refractivity contribution in [3.8, 4) is 0 Å². The Hall–Kier alpha value is -2.54. The summed E-state index contributed by atoms with van der Waals surface area (Å²) in [6.07, 6.45) is 10.1. The molecule has 0 aromatic carbocycles. The molecule has 0 unspecified atom stereocenters. The van der Waals surface area contributed by atoms with Crippen molar-refractivity contribution in [3.05, 3.63) is 58.0 Å². The molecule has 1 aliphatic carbocycles. The number of pyridine rings is 1. The van der Waals surface area contributed by atoms with Crippen molar-refractivity contribution in [1.29, 1.82) is 0 Å². The summed E-state index contributed by atoms with van der Waals surface area (Å²) in [7, 11) is 0. The number of piperidine rings is 1. The lowest BCUT2D eigenvalue weighted by atomic mass is 9.93. The zero-order chi connectivity index (χ0) is 21.9. The second-order valence-electron chi connectivity index (χ2n) is 9.52. The van der Waals surface area contributed by atoms with Crippen LogP contribution in [-0.2, 0) is 24.3 Å². The van der Waals surface area contributed by atoms with Crippen LogP contribution in [0.2, 0.25) is 0 Å². The molecule has 2 fully saturated rings. The minimum absolute atomic E-state index is 0.110. The summed E-state index contributed by atoms with van der Waals surface area (Å²) in [5.41, 5.74) is 2.02. The summed E-state index contributed by atoms with van der Waals surface area (Å²) in [6.45, 7) is 3.62. The molecule has 1 saturated heterocycles. The number of hydrogen-bond donors (Lipinski definition) is 0. The summed E-state index contributed by atoms with van der Waals surface area (Å²) in [6, 6.07) is 8.01. The van der Waals surface area contributed by atoms with Gasteiger partial charge in [-0.05, 0) is 63.7 Å². The van der Waals surface area contributed by atoms with Crippen LogP contribution < -0.4 is 5.56 Å². The third-order valence-corrected chi connectivity index (χ3v) is 7.12. The second kappa shape index (κ2) is 9.53. The van der Waals surface area contributed by atoms with Crippen molar-refractivity contribution in [2.45, 2.75) is 76.4 Å². The first-order chi connectivity index (χ1) is 15.7. The van der Waals surface area contributed by atoms with Crippen molar-refractivity contribution in [1.82, 2.24) is 24.3 Å². The Morgan fingerprint density at radius 2 is 1.91 bits per heavy atom. The van der Waals surface area contributed by atoms with Crippen LogP contribution in [0.5, 0.6) is 0 Å². The number of carbonyl (C=O) groups excluding carboxylic acids is 1. The Kier molecular flexibility index (Phi) is 6.35. The number of aryl methyl sites for hydroxylation is 1. The fraction of sp³-hybridized carbons (Fsp3) is 0.600. The van der Waals surface area contributed by atoms with Gasteiger partial charge in [-0.15, -0.1) is 0 Å². The minimum Gasteiger partial charge on any atom is -0.333 e. The van der Waals surface area contributed by atoms with Crippen LogP contribution >= 0.6 is 0 Å². The monoisotopic (exact) mass is 435 g/mol. The van der Waals surface area contributed by atoms with E-state index < -0.39 is 0 Å². The third-order valence-electron chi connectivity index (χ3n) is 7.12. The molecule has 7 nitrogen and oxygen atoms in total. The van der Waals surface area contributed by atoms with Crippen molar-refractivity contribution >= 4 is 5.91 Å². The molecule has 2 aromatic heterocycles. The first-order valence-corrected chi connectivity index (χ1v) is 12.2. The molecule has 2 aromatic rings. The van der Waals surface area contributed by atoms with Gasteiger partial charge in [0.05, 0.1) is 24.5 Å². The molecule has 1 amide bonds. The van der Waals surface area contributed by atoms with Gasteiger partial charge in [-0.3, -0.25) is 24.0 Å². The molecule has 0 N–H and O–H groups in total. The van der Waals surface area contributed by atoms with Crippen LogP contribution in [0.25, 0.3) is 0 Å². The lowest BCUT2D eigenvalue weighted by Gasteiger charge is -2.33. The van der Waals surface area contributed by atoms with Gasteiger partial charge in [-0.25, -0.2) is 4.98 Å². The Labute approximate surface area is 189 Å². The zero-order valence-corrected chi connectivity index (χ0v) is 18.8. The van der Waals surface area contributed by atoms with E-state index in [1.165, 1.54) is 6.42 Å². The Morgan fingerprint density at radius 1 is 1.06 bits per heavy atom. The number of nitrogens with zero attached hydrogens (tertiary/aromatic N) is 5. The van der Waals surface area contributed by atoms with Crippen LogP contribution in [0.15, 0.2) is 35.3 Å². The molecule has 0 bridgehead atoms. The van der Waals surface area contributed by atoms with Crippen LogP contribution in [0.3, 0.4) is 0 Å². The number of carbonyl (C=O) groups is 1. The summed E-state index contributed by atoms with van der Waals surface area (Å²) < 4.78 is 1.87. The van der Waals surface area contributed by atoms with Crippen LogP contribution in [0, 0.1) is 0 Å². The highest BCUT2D eigenvalue weighted by molar-refractivity contribution is 5.79. The molecule has 4 heterocycles. The molecule has 0 spiro atoms. The number of hydrogen-bond acceptors (Lipinski definition) is 5. The predicted molar refractivity (Wildman–Crippen MR) is 122 cm³/mol. The van der Waals surface area contributed by atoms with E-state index in [-0.39, 0.29) is 11.5 Å². The maximum absolute atomic E-state index is 13.1. The molecule has 2 aliphatic heterocycles. The van der Waals surface area contributed by atoms with Crippen molar-refractivity contribution in [2.75, 3.05) is 19.6 Å². The quantitative estimate of drug-likeness (QED) is 0.698. The van der Waals surface area contributed by atoms with E-state index >= 15 is 0 Å². The molecule has 170 valence electrons. The van der Waals surface area contributed by atoms with Gasteiger partial charge in [0.25, 0.3) is 5.56 Å². The summed E-state index contributed by atoms with van der Waals surface area (Å²) in [4.78, 5) is 39.3. The molecule has 7 heteroatoms. The lowest BCUT2D eigenvalue weighted by molar-refractivity contribution is -0.134. The number of amides is 1. The van der Waals surface area contributed by atoms with Crippen molar-refractivity contribution in [2.24, 2.45) is 0 Å². The fourth-order valence-corrected chi connectivity index (χ4v) is 5.08. The number of likely N-dealkylation sites (tertiary alicyclic amines) is 1. The molecular formula is C25H33N5O2. The SMILES string of the molecule is O=C(CN1CCC(c2cc(=O)n3c(n2)CCCCC3)CC1)N(Cc1ccccn1)C1CC1. The number of rotatable bonds is 6. The molecule has 3 aliphatic rings. The normalized spacial score (nSPS) is 19.9. The summed E-state index contributed by atoms with van der Waals surface area (Å²) >= 11 is 0. The van der Waals surface area contributed by atoms with Crippen molar-refractivity contribution in [3.63, 3.8) is 0 Å². The summed E-state index contributed by atoms with van der Waals surface area (Å²) in [5.74, 6) is 1.49. The largest absolute Gasteiger partial charge is 0.333 e. The Morgan fingerprint density at radius 3 is 2.66 bits per heavy atom. The molecule has 0 atom stereocenters. The van der Waals surface area contributed by atoms with Gasteiger partial charge < -0.3 is 4.90 Å². The number of aromatic nitrogens is 3. The average molecular weight is 436 g/mol. The van der Waals surface area contributed by atoms with Gasteiger partial charge in [-0.2, -0.15) is 0 Å². The van der Waals surface area contributed by atoms with Crippen molar-refractivity contribution < 1.29 is 4.79 Å². The van der Waals surface area contributed by atoms with Crippen LogP contribution in [0.1, 0.15) is 68.1 Å². The van der Waals surface area contributed by atoms with Crippen LogP contribution in [-0.4, -0.2) is 55.9 Å². The number of fused-ring (bicyclic) bond motifs is 1. The highest BCUT2D eigenvalue weighted by atomic mass is 16.2. The highest BCUT2D eigenvalue weighted by Crippen LogP contribution is 2.30. The first kappa shape index (κ1) is 21.3. The lowest BCUT2D eigenvalue weighted by Crippen LogP contribution is -2.44. The summed E-state index contributed by atoms with van der Waals surface area (Å²) in [5, 5.41) is 0. The topological polar surface area (TPSA) is 71.3 Å². The van der Waals surface area contributed by atoms with Gasteiger partial charge in [0.1, 0.15) is 5.82 Å². The minimum atomic E-state index is 0.110. The van der Waals surface area contributed by atoms with E-state index in [0.29, 0.717) is 25.0 Å². The zero-order valence-electron chi connectivity index (χ0n) is 18.8. The molecular weight excluding hydrogens is 402 g/mol. The van der Waals surface area contributed by atoms with E-state index in [9.17, 15) is 9.59 Å². The third kappa shape index (κ3) is 4.93. The van der Waals surface area contributed by atoms with Gasteiger partial charge in [0.2, 0.25) is 5.91 Å². The van der Waals surface area contributed by atoms with Crippen LogP contribution in [0.4, 0.5) is 0 Å². The molecule has 5 rings (SSSR count). The molecule has 0 radical (unpaired) electrons. The standard InChI is InChI=1S/C25H33N5O2/c31-24-16-22(27-23-7-2-1-5-13-29(23)24)19-10-14-28(15-11-19)18-25(32)30(21-8-9-21)17-20-6-3-4-12-26-20/h3-4,6,12,16,19,21H,1-2,5,7-11,13-15,17-18H2. The van der Waals surface area contributed by atoms with E-state index in [0.717, 1.165) is 81.8 Å². The van der Waals surface area contributed by atoms with Gasteiger partial charge in [-0.1, -0.05) is 12.5 Å².